The Kier molecular flexibility index (Phi) is 19.1. The van der Waals surface area contributed by atoms with Gasteiger partial charge in [0.2, 0.25) is 11.8 Å². The molecule has 402 valence electrons. The number of carbonyl (C=O) groups is 2. The minimum absolute atomic E-state index is 0.0165. The molecule has 7 aromatic rings. The summed E-state index contributed by atoms with van der Waals surface area (Å²) in [6, 6.07) is 38.0. The number of hydrogen-bond donors (Lipinski definition) is 0. The number of likely N-dealkylation sites (tertiary alicyclic amines) is 2. The number of para-hydroxylation sites is 2. The molecule has 2 aliphatic heterocycles. The molecule has 1 aliphatic carbocycles. The van der Waals surface area contributed by atoms with E-state index in [0.717, 1.165) is 140 Å². The number of amides is 2. The third-order valence-electron chi connectivity index (χ3n) is 16.5. The Bertz CT molecular complexity index is 2970. The maximum Gasteiger partial charge on any atom is 0.225 e. The van der Waals surface area contributed by atoms with Crippen LogP contribution in [0.15, 0.2) is 115 Å². The first-order valence-electron chi connectivity index (χ1n) is 28.2. The van der Waals surface area contributed by atoms with Crippen LogP contribution in [0.3, 0.4) is 0 Å². The highest BCUT2D eigenvalue weighted by molar-refractivity contribution is 6.30. The maximum atomic E-state index is 13.4. The van der Waals surface area contributed by atoms with Crippen LogP contribution in [0.4, 0.5) is 0 Å². The Labute approximate surface area is 461 Å². The molecule has 2 unspecified atom stereocenters. The van der Waals surface area contributed by atoms with E-state index in [1.165, 1.54) is 56.9 Å². The van der Waals surface area contributed by atoms with Gasteiger partial charge in [-0.25, -0.2) is 9.97 Å². The van der Waals surface area contributed by atoms with Crippen molar-refractivity contribution in [3.8, 4) is 11.5 Å². The van der Waals surface area contributed by atoms with Gasteiger partial charge in [-0.1, -0.05) is 124 Å². The number of hydrogen-bond acceptors (Lipinski definition) is 6. The first kappa shape index (κ1) is 54.9. The van der Waals surface area contributed by atoms with Crippen molar-refractivity contribution >= 4 is 57.1 Å². The predicted octanol–water partition coefficient (Wildman–Crippen LogP) is 14.9. The zero-order valence-corrected chi connectivity index (χ0v) is 46.8. The number of rotatable bonds is 18. The van der Waals surface area contributed by atoms with Crippen LogP contribution >= 0.6 is 23.2 Å². The smallest absolute Gasteiger partial charge is 0.225 e. The lowest BCUT2D eigenvalue weighted by molar-refractivity contribution is -0.137. The van der Waals surface area contributed by atoms with Crippen LogP contribution < -0.4 is 9.47 Å². The number of ether oxygens (including phenoxy) is 2. The molecule has 2 aromatic heterocycles. The summed E-state index contributed by atoms with van der Waals surface area (Å²) in [5.74, 6) is 6.17. The Morgan fingerprint density at radius 1 is 0.539 bits per heavy atom. The van der Waals surface area contributed by atoms with Crippen LogP contribution in [-0.2, 0) is 42.3 Å². The van der Waals surface area contributed by atoms with E-state index >= 15 is 0 Å². The third-order valence-corrected chi connectivity index (χ3v) is 17.0. The lowest BCUT2D eigenvalue weighted by atomic mass is 9.80. The molecule has 1 saturated carbocycles. The number of imidazole rings is 2. The second-order valence-corrected chi connectivity index (χ2v) is 22.9. The topological polar surface area (TPSA) is 94.7 Å². The molecule has 0 radical (unpaired) electrons. The number of fused-ring (bicyclic) bond motifs is 2. The molecule has 2 atom stereocenters. The van der Waals surface area contributed by atoms with E-state index in [4.69, 9.17) is 42.6 Å². The van der Waals surface area contributed by atoms with Gasteiger partial charge < -0.3 is 28.4 Å². The standard InChI is InChI=1S/C32H42ClN3O2.C32H36ClN3O2/c2*1-23-7-6-10-29-31(23)34-30(22-38-28-13-11-27(33)12-14-28)36(29)20-15-24(2)32(37)35-18-16-26(17-19-35)21-25-8-4-3-5-9-25/h6-7,10-14,24-26H,3-5,8-9,15-22H2,1-2H3;3-14,24,26H,15-22H2,1-2H3. The highest BCUT2D eigenvalue weighted by Gasteiger charge is 2.29. The highest BCUT2D eigenvalue weighted by atomic mass is 35.5. The molecule has 4 heterocycles. The molecular weight excluding hydrogens is 988 g/mol. The number of piperidine rings is 2. The van der Waals surface area contributed by atoms with Gasteiger partial charge in [0.1, 0.15) is 36.4 Å². The van der Waals surface area contributed by atoms with Crippen molar-refractivity contribution in [1.82, 2.24) is 28.9 Å². The van der Waals surface area contributed by atoms with Crippen molar-refractivity contribution in [2.45, 2.75) is 137 Å². The van der Waals surface area contributed by atoms with Gasteiger partial charge in [-0.15, -0.1) is 0 Å². The van der Waals surface area contributed by atoms with Gasteiger partial charge in [-0.3, -0.25) is 9.59 Å². The van der Waals surface area contributed by atoms with Crippen molar-refractivity contribution < 1.29 is 19.1 Å². The molecular formula is C64H78Cl2N6O4. The van der Waals surface area contributed by atoms with Crippen molar-refractivity contribution in [3.63, 3.8) is 0 Å². The number of nitrogens with zero attached hydrogens (tertiary/aromatic N) is 6. The molecule has 3 aliphatic rings. The summed E-state index contributed by atoms with van der Waals surface area (Å²) in [7, 11) is 0. The highest BCUT2D eigenvalue weighted by Crippen LogP contribution is 2.34. The van der Waals surface area contributed by atoms with Crippen LogP contribution in [0.2, 0.25) is 10.0 Å². The quantitative estimate of drug-likeness (QED) is 0.0850. The van der Waals surface area contributed by atoms with Crippen LogP contribution in [-0.4, -0.2) is 66.9 Å². The average Bonchev–Trinajstić information content (AvgIpc) is 4.01. The van der Waals surface area contributed by atoms with Gasteiger partial charge >= 0.3 is 0 Å². The first-order chi connectivity index (χ1) is 36.9. The zero-order valence-electron chi connectivity index (χ0n) is 45.3. The van der Waals surface area contributed by atoms with Crippen molar-refractivity contribution in [3.05, 3.63) is 154 Å². The fraction of sp³-hybridized carbons (Fsp3) is 0.469. The summed E-state index contributed by atoms with van der Waals surface area (Å²) in [5.41, 5.74) is 7.85. The number of halogens is 2. The summed E-state index contributed by atoms with van der Waals surface area (Å²) in [4.78, 5) is 40.7. The minimum atomic E-state index is -0.0482. The van der Waals surface area contributed by atoms with Gasteiger partial charge in [0.05, 0.1) is 22.1 Å². The normalized spacial score (nSPS) is 16.6. The average molecular weight is 1070 g/mol. The van der Waals surface area contributed by atoms with E-state index in [2.05, 4.69) is 113 Å². The number of aromatic nitrogens is 4. The summed E-state index contributed by atoms with van der Waals surface area (Å²) in [6.07, 6.45) is 15.6. The summed E-state index contributed by atoms with van der Waals surface area (Å²) < 4.78 is 16.5. The Balaban J connectivity index is 0.000000186. The molecule has 3 fully saturated rings. The summed E-state index contributed by atoms with van der Waals surface area (Å²) in [6.45, 7) is 14.1. The van der Waals surface area contributed by atoms with Gasteiger partial charge in [0.15, 0.2) is 0 Å². The second kappa shape index (κ2) is 26.5. The van der Waals surface area contributed by atoms with Crippen molar-refractivity contribution in [2.24, 2.45) is 29.6 Å². The monoisotopic (exact) mass is 1060 g/mol. The Hall–Kier alpha value is -5.84. The first-order valence-corrected chi connectivity index (χ1v) is 29.0. The molecule has 2 saturated heterocycles. The van der Waals surface area contributed by atoms with Gasteiger partial charge in [-0.05, 0) is 160 Å². The van der Waals surface area contributed by atoms with E-state index in [-0.39, 0.29) is 17.7 Å². The fourth-order valence-corrected chi connectivity index (χ4v) is 12.1. The van der Waals surface area contributed by atoms with Crippen molar-refractivity contribution in [2.75, 3.05) is 26.2 Å². The third kappa shape index (κ3) is 14.4. The maximum absolute atomic E-state index is 13.4. The van der Waals surface area contributed by atoms with Gasteiger partial charge in [0.25, 0.3) is 0 Å². The van der Waals surface area contributed by atoms with E-state index in [1.807, 2.05) is 48.5 Å². The van der Waals surface area contributed by atoms with E-state index in [0.29, 0.717) is 35.1 Å². The zero-order chi connectivity index (χ0) is 53.0. The molecule has 76 heavy (non-hydrogen) atoms. The molecule has 10 rings (SSSR count). The Morgan fingerprint density at radius 3 is 1.43 bits per heavy atom. The molecule has 5 aromatic carbocycles. The molecule has 10 nitrogen and oxygen atoms in total. The van der Waals surface area contributed by atoms with Crippen LogP contribution in [0.25, 0.3) is 22.1 Å². The molecule has 0 N–H and O–H groups in total. The van der Waals surface area contributed by atoms with Gasteiger partial charge in [-0.2, -0.15) is 0 Å². The van der Waals surface area contributed by atoms with Crippen LogP contribution in [0.1, 0.15) is 119 Å². The van der Waals surface area contributed by atoms with Crippen molar-refractivity contribution in [1.29, 1.82) is 0 Å². The van der Waals surface area contributed by atoms with E-state index < -0.39 is 0 Å². The number of carbonyl (C=O) groups excluding carboxylic acids is 2. The second-order valence-electron chi connectivity index (χ2n) is 22.1. The predicted molar refractivity (Wildman–Crippen MR) is 308 cm³/mol. The fourth-order valence-electron chi connectivity index (χ4n) is 11.9. The molecule has 2 amide bonds. The number of aryl methyl sites for hydroxylation is 4. The van der Waals surface area contributed by atoms with Crippen LogP contribution in [0, 0.1) is 43.4 Å². The minimum Gasteiger partial charge on any atom is -0.486 e. The Morgan fingerprint density at radius 2 is 0.974 bits per heavy atom. The SMILES string of the molecule is Cc1cccc2c1nc(COc1ccc(Cl)cc1)n2CCC(C)C(=O)N1CCC(CC2CCCCC2)CC1.Cc1cccc2c1nc(COc1ccc(Cl)cc1)n2CCC(C)C(=O)N1CCC(Cc2ccccc2)CC1. The van der Waals surface area contributed by atoms with Gasteiger partial charge in [0, 0.05) is 61.1 Å². The lowest BCUT2D eigenvalue weighted by Crippen LogP contribution is -2.41. The lowest BCUT2D eigenvalue weighted by Gasteiger charge is -2.35. The van der Waals surface area contributed by atoms with E-state index in [1.54, 1.807) is 0 Å². The molecule has 0 bridgehead atoms. The molecule has 0 spiro atoms. The number of benzene rings is 5. The molecule has 12 heteroatoms. The van der Waals surface area contributed by atoms with E-state index in [9.17, 15) is 9.59 Å². The largest absolute Gasteiger partial charge is 0.486 e. The summed E-state index contributed by atoms with van der Waals surface area (Å²) >= 11 is 12.0. The summed E-state index contributed by atoms with van der Waals surface area (Å²) in [5, 5.41) is 1.37. The van der Waals surface area contributed by atoms with Crippen LogP contribution in [0.5, 0.6) is 11.5 Å².